The van der Waals surface area contributed by atoms with Crippen LogP contribution in [-0.2, 0) is 6.54 Å². The van der Waals surface area contributed by atoms with Gasteiger partial charge >= 0.3 is 0 Å². The summed E-state index contributed by atoms with van der Waals surface area (Å²) in [6.45, 7) is 0.190. The van der Waals surface area contributed by atoms with Crippen LogP contribution in [0.4, 0.5) is 0 Å². The summed E-state index contributed by atoms with van der Waals surface area (Å²) < 4.78 is 0.771. The van der Waals surface area contributed by atoms with Gasteiger partial charge < -0.3 is 15.3 Å². The van der Waals surface area contributed by atoms with E-state index in [-0.39, 0.29) is 29.5 Å². The molecular formula is C17H13BrN2O4. The van der Waals surface area contributed by atoms with Crippen LogP contribution in [0.5, 0.6) is 17.4 Å². The van der Waals surface area contributed by atoms with E-state index in [0.717, 1.165) is 4.47 Å². The number of aliphatic imine (C=N–C) groups is 1. The lowest BCUT2D eigenvalue weighted by Crippen LogP contribution is -2.08. The normalized spacial score (nSPS) is 11.4. The van der Waals surface area contributed by atoms with Gasteiger partial charge in [0.1, 0.15) is 11.5 Å². The van der Waals surface area contributed by atoms with Gasteiger partial charge in [0.05, 0.1) is 12.1 Å². The number of aromatic nitrogens is 1. The number of rotatable bonds is 3. The summed E-state index contributed by atoms with van der Waals surface area (Å²) in [5.41, 5.74) is 0.610. The lowest BCUT2D eigenvalue weighted by molar-refractivity contribution is 0.449. The van der Waals surface area contributed by atoms with Crippen LogP contribution in [0.1, 0.15) is 11.1 Å². The first-order valence-electron chi connectivity index (χ1n) is 7.00. The van der Waals surface area contributed by atoms with Gasteiger partial charge in [-0.15, -0.1) is 0 Å². The Hall–Kier alpha value is -2.80. The van der Waals surface area contributed by atoms with Crippen molar-refractivity contribution in [2.75, 3.05) is 0 Å². The van der Waals surface area contributed by atoms with Crippen molar-refractivity contribution < 1.29 is 15.3 Å². The molecule has 0 aliphatic carbocycles. The minimum absolute atomic E-state index is 0.0542. The number of hydrogen-bond donors (Lipinski definition) is 4. The highest BCUT2D eigenvalue weighted by Gasteiger charge is 2.09. The van der Waals surface area contributed by atoms with Crippen LogP contribution in [0.2, 0.25) is 0 Å². The molecule has 122 valence electrons. The van der Waals surface area contributed by atoms with Gasteiger partial charge in [0.15, 0.2) is 0 Å². The molecule has 0 spiro atoms. The van der Waals surface area contributed by atoms with E-state index in [1.54, 1.807) is 18.2 Å². The standard InChI is InChI=1S/C17H13BrN2O4/c18-10-1-2-13-14(5-10)15(17(24)20-16(13)23)8-19-7-9-3-11(21)6-12(22)4-9/h1-6,8,21-22H,7H2,(H2,20,23,24). The number of halogens is 1. The van der Waals surface area contributed by atoms with E-state index < -0.39 is 0 Å². The third-order valence-corrected chi connectivity index (χ3v) is 3.95. The summed E-state index contributed by atoms with van der Waals surface area (Å²) in [7, 11) is 0. The van der Waals surface area contributed by atoms with E-state index in [2.05, 4.69) is 25.9 Å². The van der Waals surface area contributed by atoms with Crippen LogP contribution in [0.25, 0.3) is 10.8 Å². The fourth-order valence-electron chi connectivity index (χ4n) is 2.43. The summed E-state index contributed by atoms with van der Waals surface area (Å²) in [5, 5.41) is 29.9. The van der Waals surface area contributed by atoms with Crippen molar-refractivity contribution in [3.05, 3.63) is 62.4 Å². The second-order valence-corrected chi connectivity index (χ2v) is 6.15. The Morgan fingerprint density at radius 2 is 1.75 bits per heavy atom. The van der Waals surface area contributed by atoms with Crippen LogP contribution in [0.3, 0.4) is 0 Å². The van der Waals surface area contributed by atoms with Gasteiger partial charge in [0.25, 0.3) is 5.56 Å². The zero-order valence-electron chi connectivity index (χ0n) is 12.3. The van der Waals surface area contributed by atoms with E-state index >= 15 is 0 Å². The molecule has 0 saturated heterocycles. The lowest BCUT2D eigenvalue weighted by atomic mass is 10.1. The molecule has 3 aromatic rings. The second kappa shape index (κ2) is 6.37. The molecule has 0 radical (unpaired) electrons. The minimum atomic E-state index is -0.384. The van der Waals surface area contributed by atoms with E-state index in [4.69, 9.17) is 0 Å². The maximum atomic E-state index is 11.9. The van der Waals surface area contributed by atoms with Crippen molar-refractivity contribution in [1.82, 2.24) is 4.98 Å². The molecule has 3 rings (SSSR count). The molecule has 0 amide bonds. The van der Waals surface area contributed by atoms with Crippen LogP contribution >= 0.6 is 15.9 Å². The van der Waals surface area contributed by atoms with Gasteiger partial charge in [-0.05, 0) is 35.9 Å². The van der Waals surface area contributed by atoms with Gasteiger partial charge in [0, 0.05) is 27.5 Å². The summed E-state index contributed by atoms with van der Waals surface area (Å²) in [4.78, 5) is 18.5. The maximum absolute atomic E-state index is 11.9. The third-order valence-electron chi connectivity index (χ3n) is 3.46. The lowest BCUT2D eigenvalue weighted by Gasteiger charge is -2.05. The van der Waals surface area contributed by atoms with Crippen molar-refractivity contribution in [3.8, 4) is 17.4 Å². The SMILES string of the molecule is O=c1[nH]c(O)c(C=NCc2cc(O)cc(O)c2)c2cc(Br)ccc12. The van der Waals surface area contributed by atoms with Gasteiger partial charge in [-0.25, -0.2) is 0 Å². The molecule has 24 heavy (non-hydrogen) atoms. The highest BCUT2D eigenvalue weighted by atomic mass is 79.9. The fourth-order valence-corrected chi connectivity index (χ4v) is 2.79. The van der Waals surface area contributed by atoms with Crippen LogP contribution in [0.15, 0.2) is 50.7 Å². The second-order valence-electron chi connectivity index (χ2n) is 5.23. The molecule has 4 N–H and O–H groups in total. The number of nitrogens with one attached hydrogen (secondary N) is 1. The summed E-state index contributed by atoms with van der Waals surface area (Å²) >= 11 is 3.34. The van der Waals surface area contributed by atoms with Crippen molar-refractivity contribution in [2.45, 2.75) is 6.54 Å². The van der Waals surface area contributed by atoms with Crippen molar-refractivity contribution in [3.63, 3.8) is 0 Å². The number of hydrogen-bond acceptors (Lipinski definition) is 5. The average molecular weight is 389 g/mol. The van der Waals surface area contributed by atoms with Gasteiger partial charge in [-0.3, -0.25) is 14.8 Å². The first-order valence-corrected chi connectivity index (χ1v) is 7.79. The van der Waals surface area contributed by atoms with Crippen LogP contribution in [0, 0.1) is 0 Å². The summed E-state index contributed by atoms with van der Waals surface area (Å²) in [5.74, 6) is -0.379. The number of pyridine rings is 1. The van der Waals surface area contributed by atoms with E-state index in [1.807, 2.05) is 0 Å². The maximum Gasteiger partial charge on any atom is 0.258 e. The average Bonchev–Trinajstić information content (AvgIpc) is 2.49. The van der Waals surface area contributed by atoms with Crippen molar-refractivity contribution in [1.29, 1.82) is 0 Å². The third kappa shape index (κ3) is 3.26. The number of H-pyrrole nitrogens is 1. The monoisotopic (exact) mass is 388 g/mol. The molecule has 6 nitrogen and oxygen atoms in total. The predicted molar refractivity (Wildman–Crippen MR) is 95.0 cm³/mol. The van der Waals surface area contributed by atoms with E-state index in [9.17, 15) is 20.1 Å². The first-order chi connectivity index (χ1) is 11.4. The molecule has 1 heterocycles. The molecule has 0 fully saturated rings. The summed E-state index contributed by atoms with van der Waals surface area (Å²) in [6.07, 6.45) is 1.45. The molecule has 0 saturated carbocycles. The molecular weight excluding hydrogens is 376 g/mol. The number of fused-ring (bicyclic) bond motifs is 1. The smallest absolute Gasteiger partial charge is 0.258 e. The molecule has 0 unspecified atom stereocenters. The first kappa shape index (κ1) is 16.1. The minimum Gasteiger partial charge on any atom is -0.508 e. The Labute approximate surface area is 144 Å². The predicted octanol–water partition coefficient (Wildman–Crippen LogP) is 3.03. The Balaban J connectivity index is 2.00. The topological polar surface area (TPSA) is 106 Å². The number of nitrogens with zero attached hydrogens (tertiary/aromatic N) is 1. The number of benzene rings is 2. The molecule has 0 aliphatic heterocycles. The van der Waals surface area contributed by atoms with Gasteiger partial charge in [-0.2, -0.15) is 0 Å². The molecule has 1 aromatic heterocycles. The summed E-state index contributed by atoms with van der Waals surface area (Å²) in [6, 6.07) is 9.32. The van der Waals surface area contributed by atoms with Gasteiger partial charge in [0.2, 0.25) is 5.88 Å². The Bertz CT molecular complexity index is 991. The van der Waals surface area contributed by atoms with Gasteiger partial charge in [-0.1, -0.05) is 15.9 Å². The number of aromatic hydroxyl groups is 3. The van der Waals surface area contributed by atoms with E-state index in [1.165, 1.54) is 24.4 Å². The Morgan fingerprint density at radius 3 is 2.46 bits per heavy atom. The number of phenolic OH excluding ortho intramolecular Hbond substituents is 2. The Morgan fingerprint density at radius 1 is 1.04 bits per heavy atom. The zero-order valence-corrected chi connectivity index (χ0v) is 13.9. The molecule has 7 heteroatoms. The van der Waals surface area contributed by atoms with Crippen molar-refractivity contribution in [2.24, 2.45) is 4.99 Å². The molecule has 0 aliphatic rings. The Kier molecular flexibility index (Phi) is 4.26. The highest BCUT2D eigenvalue weighted by molar-refractivity contribution is 9.10. The number of aromatic amines is 1. The fraction of sp³-hybridized carbons (Fsp3) is 0.0588. The highest BCUT2D eigenvalue weighted by Crippen LogP contribution is 2.25. The molecule has 0 atom stereocenters. The van der Waals surface area contributed by atoms with E-state index in [0.29, 0.717) is 21.9 Å². The molecule has 2 aromatic carbocycles. The van der Waals surface area contributed by atoms with Crippen LogP contribution < -0.4 is 5.56 Å². The molecule has 0 bridgehead atoms. The number of phenols is 2. The zero-order chi connectivity index (χ0) is 17.3. The van der Waals surface area contributed by atoms with Crippen molar-refractivity contribution >= 4 is 32.9 Å². The quantitative estimate of drug-likeness (QED) is 0.517. The largest absolute Gasteiger partial charge is 0.508 e. The van der Waals surface area contributed by atoms with Crippen LogP contribution in [-0.4, -0.2) is 26.5 Å².